The molecule has 0 unspecified atom stereocenters. The van der Waals surface area contributed by atoms with Crippen molar-refractivity contribution in [3.05, 3.63) is 30.6 Å². The van der Waals surface area contributed by atoms with Crippen molar-refractivity contribution >= 4 is 27.7 Å². The molecule has 1 aliphatic carbocycles. The molecule has 3 fully saturated rings. The molecule has 2 aliphatic heterocycles. The molecule has 3 aliphatic rings. The number of aliphatic hydroxyl groups is 1. The van der Waals surface area contributed by atoms with Gasteiger partial charge < -0.3 is 15.3 Å². The van der Waals surface area contributed by atoms with Crippen molar-refractivity contribution in [3.63, 3.8) is 0 Å². The van der Waals surface area contributed by atoms with Crippen molar-refractivity contribution in [1.29, 1.82) is 0 Å². The number of likely N-dealkylation sites (tertiary alicyclic amines) is 1. The molecule has 9 heteroatoms. The van der Waals surface area contributed by atoms with Gasteiger partial charge in [-0.25, -0.2) is 22.7 Å². The molecule has 2 saturated heterocycles. The molecule has 8 nitrogen and oxygen atoms in total. The van der Waals surface area contributed by atoms with E-state index in [2.05, 4.69) is 28.4 Å². The van der Waals surface area contributed by atoms with Crippen molar-refractivity contribution in [2.75, 3.05) is 37.8 Å². The Morgan fingerprint density at radius 3 is 2.55 bits per heavy atom. The third-order valence-electron chi connectivity index (χ3n) is 6.34. The maximum Gasteiger partial charge on any atom is 0.223 e. The number of nitrogens with one attached hydrogen (secondary N) is 1. The number of piperidine rings is 1. The maximum atomic E-state index is 11.7. The minimum atomic E-state index is -3.14. The van der Waals surface area contributed by atoms with Gasteiger partial charge in [0.25, 0.3) is 0 Å². The lowest BCUT2D eigenvalue weighted by Crippen LogP contribution is -2.62. The van der Waals surface area contributed by atoms with Crippen LogP contribution in [0.15, 0.2) is 19.4 Å². The van der Waals surface area contributed by atoms with Gasteiger partial charge in [0.15, 0.2) is 0 Å². The minimum Gasteiger partial charge on any atom is -0.393 e. The van der Waals surface area contributed by atoms with Crippen molar-refractivity contribution in [1.82, 2.24) is 19.2 Å². The van der Waals surface area contributed by atoms with E-state index >= 15 is 0 Å². The van der Waals surface area contributed by atoms with Gasteiger partial charge in [-0.05, 0) is 25.7 Å². The Bertz CT molecular complexity index is 910. The first kappa shape index (κ1) is 20.3. The van der Waals surface area contributed by atoms with Crippen LogP contribution < -0.4 is 5.32 Å². The molecule has 0 atom stereocenters. The zero-order valence-corrected chi connectivity index (χ0v) is 17.7. The minimum absolute atomic E-state index is 0.132. The van der Waals surface area contributed by atoms with Gasteiger partial charge in [0.2, 0.25) is 16.0 Å². The van der Waals surface area contributed by atoms with Gasteiger partial charge in [0, 0.05) is 49.4 Å². The Kier molecular flexibility index (Phi) is 5.16. The number of aromatic nitrogens is 2. The van der Waals surface area contributed by atoms with Gasteiger partial charge in [-0.3, -0.25) is 0 Å². The zero-order valence-electron chi connectivity index (χ0n) is 16.8. The summed E-state index contributed by atoms with van der Waals surface area (Å²) in [5.41, 5.74) is 2.70. The number of hydrogen-bond donors (Lipinski definition) is 2. The van der Waals surface area contributed by atoms with Crippen LogP contribution in [0.3, 0.4) is 0 Å². The Balaban J connectivity index is 1.41. The predicted molar refractivity (Wildman–Crippen MR) is 113 cm³/mol. The SMILES string of the molecule is C=Cc1cnc(NC2CCN(S(C)(=O)=O)CC2)nc1C(=C)N1CC2(CC(O)C2)C1. The maximum absolute atomic E-state index is 11.7. The number of hydrogen-bond acceptors (Lipinski definition) is 7. The molecule has 1 aromatic heterocycles. The summed E-state index contributed by atoms with van der Waals surface area (Å²) in [7, 11) is -3.14. The predicted octanol–water partition coefficient (Wildman–Crippen LogP) is 1.38. The number of rotatable bonds is 6. The Morgan fingerprint density at radius 2 is 2.00 bits per heavy atom. The summed E-state index contributed by atoms with van der Waals surface area (Å²) in [6.07, 6.45) is 7.74. The standard InChI is InChI=1S/C20H29N5O3S/c1-4-15-11-21-19(22-16-5-7-25(8-6-16)29(3,27)28)23-18(15)14(2)24-12-20(13-24)9-17(26)10-20/h4,11,16-17,26H,1-2,5-10,12-13H2,3H3,(H,21,22,23). The van der Waals surface area contributed by atoms with Gasteiger partial charge in [0.05, 0.1) is 23.8 Å². The van der Waals surface area contributed by atoms with Gasteiger partial charge in [-0.2, -0.15) is 0 Å². The second-order valence-electron chi connectivity index (χ2n) is 8.65. The van der Waals surface area contributed by atoms with Gasteiger partial charge >= 0.3 is 0 Å². The second kappa shape index (κ2) is 7.37. The van der Waals surface area contributed by atoms with E-state index in [1.54, 1.807) is 12.3 Å². The lowest BCUT2D eigenvalue weighted by molar-refractivity contribution is -0.107. The third kappa shape index (κ3) is 4.04. The average molecular weight is 420 g/mol. The molecule has 0 aromatic carbocycles. The highest BCUT2D eigenvalue weighted by Gasteiger charge is 2.52. The van der Waals surface area contributed by atoms with Crippen molar-refractivity contribution < 1.29 is 13.5 Å². The highest BCUT2D eigenvalue weighted by atomic mass is 32.2. The smallest absolute Gasteiger partial charge is 0.223 e. The normalized spacial score (nSPS) is 22.8. The fourth-order valence-corrected chi connectivity index (χ4v) is 5.53. The van der Waals surface area contributed by atoms with Crippen molar-refractivity contribution in [3.8, 4) is 0 Å². The van der Waals surface area contributed by atoms with Crippen LogP contribution in [0.4, 0.5) is 5.95 Å². The van der Waals surface area contributed by atoms with Crippen molar-refractivity contribution in [2.24, 2.45) is 5.41 Å². The molecule has 158 valence electrons. The van der Waals surface area contributed by atoms with Crippen LogP contribution in [0.2, 0.25) is 0 Å². The largest absolute Gasteiger partial charge is 0.393 e. The summed E-state index contributed by atoms with van der Waals surface area (Å²) in [5.74, 6) is 0.527. The molecule has 0 amide bonds. The highest BCUT2D eigenvalue weighted by Crippen LogP contribution is 2.50. The van der Waals surface area contributed by atoms with Crippen LogP contribution in [0, 0.1) is 5.41 Å². The Hall–Kier alpha value is -1.97. The Morgan fingerprint density at radius 1 is 1.34 bits per heavy atom. The molecule has 0 bridgehead atoms. The first-order valence-corrected chi connectivity index (χ1v) is 11.9. The molecule has 1 spiro atoms. The van der Waals surface area contributed by atoms with Crippen LogP contribution in [-0.2, 0) is 10.0 Å². The number of nitrogens with zero attached hydrogens (tertiary/aromatic N) is 4. The van der Waals surface area contributed by atoms with E-state index in [1.807, 2.05) is 0 Å². The molecule has 29 heavy (non-hydrogen) atoms. The van der Waals surface area contributed by atoms with Gasteiger partial charge in [0.1, 0.15) is 0 Å². The highest BCUT2D eigenvalue weighted by molar-refractivity contribution is 7.88. The lowest BCUT2D eigenvalue weighted by Gasteiger charge is -2.59. The van der Waals surface area contributed by atoms with E-state index in [1.165, 1.54) is 10.6 Å². The second-order valence-corrected chi connectivity index (χ2v) is 10.6. The van der Waals surface area contributed by atoms with E-state index < -0.39 is 10.0 Å². The van der Waals surface area contributed by atoms with E-state index in [0.29, 0.717) is 31.9 Å². The number of aliphatic hydroxyl groups excluding tert-OH is 1. The van der Waals surface area contributed by atoms with Gasteiger partial charge in [-0.1, -0.05) is 19.2 Å². The number of anilines is 1. The number of sulfonamides is 1. The van der Waals surface area contributed by atoms with E-state index in [4.69, 9.17) is 4.98 Å². The molecule has 2 N–H and O–H groups in total. The van der Waals surface area contributed by atoms with Crippen LogP contribution in [-0.4, -0.2) is 77.3 Å². The molecular formula is C20H29N5O3S. The lowest BCUT2D eigenvalue weighted by atomic mass is 9.61. The topological polar surface area (TPSA) is 98.7 Å². The van der Waals surface area contributed by atoms with Crippen LogP contribution in [0.1, 0.15) is 36.9 Å². The fourth-order valence-electron chi connectivity index (χ4n) is 4.66. The quantitative estimate of drug-likeness (QED) is 0.719. The van der Waals surface area contributed by atoms with Gasteiger partial charge in [-0.15, -0.1) is 0 Å². The molecule has 1 saturated carbocycles. The third-order valence-corrected chi connectivity index (χ3v) is 7.64. The average Bonchev–Trinajstić information content (AvgIpc) is 2.62. The molecule has 1 aromatic rings. The van der Waals surface area contributed by atoms with E-state index in [9.17, 15) is 13.5 Å². The summed E-state index contributed by atoms with van der Waals surface area (Å²) in [4.78, 5) is 11.3. The summed E-state index contributed by atoms with van der Waals surface area (Å²) in [6.45, 7) is 10.9. The van der Waals surface area contributed by atoms with E-state index in [-0.39, 0.29) is 17.6 Å². The summed E-state index contributed by atoms with van der Waals surface area (Å²) < 4.78 is 24.9. The summed E-state index contributed by atoms with van der Waals surface area (Å²) in [6, 6.07) is 0.132. The monoisotopic (exact) mass is 419 g/mol. The fraction of sp³-hybridized carbons (Fsp3) is 0.600. The molecular weight excluding hydrogens is 390 g/mol. The Labute approximate surface area is 172 Å². The van der Waals surface area contributed by atoms with Crippen LogP contribution in [0.5, 0.6) is 0 Å². The van der Waals surface area contributed by atoms with Crippen LogP contribution in [0.25, 0.3) is 11.8 Å². The molecule has 3 heterocycles. The molecule has 0 radical (unpaired) electrons. The van der Waals surface area contributed by atoms with E-state index in [0.717, 1.165) is 42.9 Å². The first-order valence-electron chi connectivity index (χ1n) is 10.0. The summed E-state index contributed by atoms with van der Waals surface area (Å²) >= 11 is 0. The van der Waals surface area contributed by atoms with Crippen LogP contribution >= 0.6 is 0 Å². The first-order chi connectivity index (χ1) is 13.7. The molecule has 4 rings (SSSR count). The van der Waals surface area contributed by atoms with Crippen molar-refractivity contribution in [2.45, 2.75) is 37.8 Å². The summed E-state index contributed by atoms with van der Waals surface area (Å²) in [5, 5.41) is 13.0. The zero-order chi connectivity index (χ0) is 20.8.